The van der Waals surface area contributed by atoms with Gasteiger partial charge in [-0.2, -0.15) is 0 Å². The van der Waals surface area contributed by atoms with E-state index < -0.39 is 11.5 Å². The number of ether oxygens (including phenoxy) is 1. The van der Waals surface area contributed by atoms with Crippen LogP contribution in [0, 0.1) is 6.92 Å². The molecule has 1 aromatic carbocycles. The van der Waals surface area contributed by atoms with Gasteiger partial charge in [-0.15, -0.1) is 0 Å². The van der Waals surface area contributed by atoms with Gasteiger partial charge in [0.15, 0.2) is 5.78 Å². The summed E-state index contributed by atoms with van der Waals surface area (Å²) in [7, 11) is 1.28. The number of Topliss-reactive ketones (excluding diaryl/α,β-unsaturated/α-hetero) is 1. The molecule has 1 atom stereocenters. The first-order chi connectivity index (χ1) is 10.3. The summed E-state index contributed by atoms with van der Waals surface area (Å²) in [5.74, 6) is -0.921. The molecule has 120 valence electrons. The molecule has 0 heterocycles. The third-order valence-electron chi connectivity index (χ3n) is 3.71. The molecule has 1 aromatic rings. The molecule has 0 radical (unpaired) electrons. The van der Waals surface area contributed by atoms with E-state index in [1.54, 1.807) is 26.0 Å². The van der Waals surface area contributed by atoms with Gasteiger partial charge in [0, 0.05) is 18.4 Å². The number of ketones is 1. The van der Waals surface area contributed by atoms with Crippen LogP contribution in [0.3, 0.4) is 0 Å². The van der Waals surface area contributed by atoms with E-state index in [0.29, 0.717) is 12.0 Å². The van der Waals surface area contributed by atoms with Crippen LogP contribution in [0.1, 0.15) is 49.0 Å². The lowest BCUT2D eigenvalue weighted by molar-refractivity contribution is -0.150. The summed E-state index contributed by atoms with van der Waals surface area (Å²) in [5, 5.41) is 2.64. The van der Waals surface area contributed by atoms with Crippen molar-refractivity contribution < 1.29 is 19.1 Å². The van der Waals surface area contributed by atoms with Gasteiger partial charge in [-0.05, 0) is 20.3 Å². The van der Waals surface area contributed by atoms with Crippen molar-refractivity contribution in [2.75, 3.05) is 7.11 Å². The SMILES string of the molecule is CC[C@@](C)(NC(=O)CCC(=O)c1ccc(C)cc1)C(=O)OC. The normalized spacial score (nSPS) is 13.1. The van der Waals surface area contributed by atoms with Crippen LogP contribution in [0.25, 0.3) is 0 Å². The summed E-state index contributed by atoms with van der Waals surface area (Å²) in [6, 6.07) is 7.22. The topological polar surface area (TPSA) is 72.5 Å². The maximum atomic E-state index is 12.0. The summed E-state index contributed by atoms with van der Waals surface area (Å²) in [4.78, 5) is 35.7. The minimum atomic E-state index is -1.06. The fraction of sp³-hybridized carbons (Fsp3) is 0.471. The zero-order valence-corrected chi connectivity index (χ0v) is 13.6. The number of methoxy groups -OCH3 is 1. The van der Waals surface area contributed by atoms with Gasteiger partial charge in [-0.25, -0.2) is 4.79 Å². The standard InChI is InChI=1S/C17H23NO4/c1-5-17(3,16(21)22-4)18-15(20)11-10-14(19)13-8-6-12(2)7-9-13/h6-9H,5,10-11H2,1-4H3,(H,18,20)/t17-/m1/s1. The van der Waals surface area contributed by atoms with Gasteiger partial charge in [0.25, 0.3) is 0 Å². The fourth-order valence-electron chi connectivity index (χ4n) is 1.99. The quantitative estimate of drug-likeness (QED) is 0.620. The van der Waals surface area contributed by atoms with Crippen molar-refractivity contribution in [2.45, 2.75) is 45.6 Å². The Morgan fingerprint density at radius 1 is 1.14 bits per heavy atom. The first-order valence-electron chi connectivity index (χ1n) is 7.31. The molecule has 0 saturated heterocycles. The molecule has 5 nitrogen and oxygen atoms in total. The number of carbonyl (C=O) groups excluding carboxylic acids is 3. The van der Waals surface area contributed by atoms with Gasteiger partial charge >= 0.3 is 5.97 Å². The van der Waals surface area contributed by atoms with Crippen molar-refractivity contribution in [2.24, 2.45) is 0 Å². The first kappa shape index (κ1) is 17.9. The van der Waals surface area contributed by atoms with Crippen LogP contribution < -0.4 is 5.32 Å². The zero-order chi connectivity index (χ0) is 16.8. The highest BCUT2D eigenvalue weighted by atomic mass is 16.5. The second kappa shape index (κ2) is 7.73. The fourth-order valence-corrected chi connectivity index (χ4v) is 1.99. The minimum Gasteiger partial charge on any atom is -0.467 e. The van der Waals surface area contributed by atoms with E-state index in [4.69, 9.17) is 4.74 Å². The number of esters is 1. The highest BCUT2D eigenvalue weighted by molar-refractivity contribution is 5.98. The van der Waals surface area contributed by atoms with E-state index in [-0.39, 0.29) is 24.5 Å². The summed E-state index contributed by atoms with van der Waals surface area (Å²) >= 11 is 0. The van der Waals surface area contributed by atoms with Gasteiger partial charge in [0.05, 0.1) is 7.11 Å². The molecule has 0 spiro atoms. The monoisotopic (exact) mass is 305 g/mol. The number of aryl methyl sites for hydroxylation is 1. The summed E-state index contributed by atoms with van der Waals surface area (Å²) in [6.07, 6.45) is 0.562. The van der Waals surface area contributed by atoms with Crippen molar-refractivity contribution in [3.05, 3.63) is 35.4 Å². The molecule has 0 unspecified atom stereocenters. The van der Waals surface area contributed by atoms with E-state index >= 15 is 0 Å². The third-order valence-corrected chi connectivity index (χ3v) is 3.71. The third kappa shape index (κ3) is 4.69. The maximum absolute atomic E-state index is 12.0. The van der Waals surface area contributed by atoms with Gasteiger partial charge in [-0.3, -0.25) is 9.59 Å². The highest BCUT2D eigenvalue weighted by Gasteiger charge is 2.33. The Balaban J connectivity index is 2.57. The average Bonchev–Trinajstić information content (AvgIpc) is 2.52. The second-order valence-electron chi connectivity index (χ2n) is 5.51. The van der Waals surface area contributed by atoms with Crippen molar-refractivity contribution in [1.82, 2.24) is 5.32 Å². The van der Waals surface area contributed by atoms with Gasteiger partial charge < -0.3 is 10.1 Å². The molecule has 0 aliphatic rings. The van der Waals surface area contributed by atoms with E-state index in [1.165, 1.54) is 7.11 Å². The molecule has 0 aliphatic heterocycles. The van der Waals surface area contributed by atoms with Gasteiger partial charge in [-0.1, -0.05) is 36.8 Å². The van der Waals surface area contributed by atoms with Crippen LogP contribution in [0.15, 0.2) is 24.3 Å². The Labute approximate surface area is 131 Å². The number of carbonyl (C=O) groups is 3. The molecular formula is C17H23NO4. The van der Waals surface area contributed by atoms with E-state index in [1.807, 2.05) is 19.1 Å². The Morgan fingerprint density at radius 2 is 1.73 bits per heavy atom. The predicted octanol–water partition coefficient (Wildman–Crippen LogP) is 2.42. The predicted molar refractivity (Wildman–Crippen MR) is 83.6 cm³/mol. The molecule has 5 heteroatoms. The Bertz CT molecular complexity index is 550. The zero-order valence-electron chi connectivity index (χ0n) is 13.6. The molecule has 0 aromatic heterocycles. The number of amides is 1. The molecule has 0 saturated carbocycles. The van der Waals surface area contributed by atoms with E-state index in [9.17, 15) is 14.4 Å². The van der Waals surface area contributed by atoms with Crippen molar-refractivity contribution in [3.63, 3.8) is 0 Å². The van der Waals surface area contributed by atoms with Gasteiger partial charge in [0.1, 0.15) is 5.54 Å². The van der Waals surface area contributed by atoms with Crippen LogP contribution in [0.2, 0.25) is 0 Å². The molecular weight excluding hydrogens is 282 g/mol. The van der Waals surface area contributed by atoms with Crippen molar-refractivity contribution in [3.8, 4) is 0 Å². The molecule has 1 rings (SSSR count). The van der Waals surface area contributed by atoms with Crippen LogP contribution in [-0.2, 0) is 14.3 Å². The number of nitrogens with one attached hydrogen (secondary N) is 1. The van der Waals surface area contributed by atoms with Crippen LogP contribution in [0.5, 0.6) is 0 Å². The first-order valence-corrected chi connectivity index (χ1v) is 7.31. The lowest BCUT2D eigenvalue weighted by Crippen LogP contribution is -2.52. The smallest absolute Gasteiger partial charge is 0.331 e. The maximum Gasteiger partial charge on any atom is 0.331 e. The molecule has 1 amide bonds. The summed E-state index contributed by atoms with van der Waals surface area (Å²) in [6.45, 7) is 5.34. The molecule has 0 aliphatic carbocycles. The largest absolute Gasteiger partial charge is 0.467 e. The minimum absolute atomic E-state index is 0.0410. The van der Waals surface area contributed by atoms with Crippen LogP contribution >= 0.6 is 0 Å². The summed E-state index contributed by atoms with van der Waals surface area (Å²) in [5.41, 5.74) is 0.606. The molecule has 1 N–H and O–H groups in total. The molecule has 22 heavy (non-hydrogen) atoms. The Hall–Kier alpha value is -2.17. The van der Waals surface area contributed by atoms with Crippen LogP contribution in [0.4, 0.5) is 0 Å². The lowest BCUT2D eigenvalue weighted by Gasteiger charge is -2.26. The number of benzene rings is 1. The lowest BCUT2D eigenvalue weighted by atomic mass is 9.98. The average molecular weight is 305 g/mol. The van der Waals surface area contributed by atoms with Crippen molar-refractivity contribution in [1.29, 1.82) is 0 Å². The molecule has 0 fully saturated rings. The second-order valence-corrected chi connectivity index (χ2v) is 5.51. The number of hydrogen-bond acceptors (Lipinski definition) is 4. The highest BCUT2D eigenvalue weighted by Crippen LogP contribution is 2.13. The van der Waals surface area contributed by atoms with Crippen LogP contribution in [-0.4, -0.2) is 30.3 Å². The number of rotatable bonds is 7. The Morgan fingerprint density at radius 3 is 2.23 bits per heavy atom. The Kier molecular flexibility index (Phi) is 6.28. The van der Waals surface area contributed by atoms with Crippen molar-refractivity contribution >= 4 is 17.7 Å². The van der Waals surface area contributed by atoms with E-state index in [2.05, 4.69) is 5.32 Å². The van der Waals surface area contributed by atoms with Gasteiger partial charge in [0.2, 0.25) is 5.91 Å². The van der Waals surface area contributed by atoms with E-state index in [0.717, 1.165) is 5.56 Å². The number of hydrogen-bond donors (Lipinski definition) is 1. The molecule has 0 bridgehead atoms. The summed E-state index contributed by atoms with van der Waals surface area (Å²) < 4.78 is 4.69.